The molecule has 140 valence electrons. The Labute approximate surface area is 154 Å². The summed E-state index contributed by atoms with van der Waals surface area (Å²) in [6, 6.07) is 7.60. The molecule has 5 nitrogen and oxygen atoms in total. The molecule has 0 bridgehead atoms. The van der Waals surface area contributed by atoms with Crippen LogP contribution in [0.3, 0.4) is 0 Å². The van der Waals surface area contributed by atoms with Gasteiger partial charge in [0.15, 0.2) is 0 Å². The van der Waals surface area contributed by atoms with Gasteiger partial charge in [-0.25, -0.2) is 4.79 Å². The minimum absolute atomic E-state index is 0.106. The van der Waals surface area contributed by atoms with Crippen molar-refractivity contribution in [3.05, 3.63) is 35.5 Å². The van der Waals surface area contributed by atoms with E-state index in [-0.39, 0.29) is 11.9 Å². The van der Waals surface area contributed by atoms with E-state index in [1.54, 1.807) is 0 Å². The first-order valence-electron chi connectivity index (χ1n) is 9.55. The van der Waals surface area contributed by atoms with E-state index < -0.39 is 12.0 Å². The average molecular weight is 356 g/mol. The molecule has 1 aromatic heterocycles. The monoisotopic (exact) mass is 356 g/mol. The second-order valence-corrected chi connectivity index (χ2v) is 7.68. The van der Waals surface area contributed by atoms with Crippen LogP contribution in [-0.2, 0) is 22.4 Å². The lowest BCUT2D eigenvalue weighted by Crippen LogP contribution is -2.39. The molecule has 1 aromatic carbocycles. The number of aliphatic carboxylic acids is 1. The van der Waals surface area contributed by atoms with Gasteiger partial charge in [0, 0.05) is 29.1 Å². The molecule has 5 heteroatoms. The van der Waals surface area contributed by atoms with Crippen molar-refractivity contribution in [3.8, 4) is 0 Å². The van der Waals surface area contributed by atoms with Crippen molar-refractivity contribution in [3.63, 3.8) is 0 Å². The zero-order valence-corrected chi connectivity index (χ0v) is 15.8. The molecule has 2 atom stereocenters. The number of aromatic nitrogens is 1. The molecule has 3 rings (SSSR count). The molecular formula is C21H28N2O3. The van der Waals surface area contributed by atoms with Crippen molar-refractivity contribution < 1.29 is 14.7 Å². The Morgan fingerprint density at radius 1 is 1.31 bits per heavy atom. The predicted molar refractivity (Wildman–Crippen MR) is 102 cm³/mol. The number of amides is 1. The van der Waals surface area contributed by atoms with Gasteiger partial charge in [-0.05, 0) is 43.2 Å². The third kappa shape index (κ3) is 3.48. The van der Waals surface area contributed by atoms with Crippen LogP contribution in [0.2, 0.25) is 0 Å². The summed E-state index contributed by atoms with van der Waals surface area (Å²) in [5, 5.41) is 14.0. The van der Waals surface area contributed by atoms with Crippen molar-refractivity contribution in [2.75, 3.05) is 0 Å². The van der Waals surface area contributed by atoms with Crippen molar-refractivity contribution in [2.45, 2.75) is 65.0 Å². The third-order valence-electron chi connectivity index (χ3n) is 5.25. The lowest BCUT2D eigenvalue weighted by molar-refractivity contribution is -0.141. The number of hydrogen-bond donors (Lipinski definition) is 2. The lowest BCUT2D eigenvalue weighted by atomic mass is 9.91. The maximum Gasteiger partial charge on any atom is 0.326 e. The van der Waals surface area contributed by atoms with Crippen LogP contribution < -0.4 is 5.32 Å². The number of nitrogens with zero attached hydrogens (tertiary/aromatic N) is 1. The molecule has 1 aliphatic rings. The Morgan fingerprint density at radius 3 is 2.69 bits per heavy atom. The fourth-order valence-corrected chi connectivity index (χ4v) is 4.15. The average Bonchev–Trinajstić information content (AvgIpc) is 2.89. The minimum atomic E-state index is -0.789. The fourth-order valence-electron chi connectivity index (χ4n) is 4.15. The molecule has 2 N–H and O–H groups in total. The summed E-state index contributed by atoms with van der Waals surface area (Å²) in [6.45, 7) is 6.00. The summed E-state index contributed by atoms with van der Waals surface area (Å²) in [5.74, 6) is -0.338. The Kier molecular flexibility index (Phi) is 5.35. The lowest BCUT2D eigenvalue weighted by Gasteiger charge is -2.26. The highest BCUT2D eigenvalue weighted by atomic mass is 16.4. The van der Waals surface area contributed by atoms with E-state index in [1.807, 2.05) is 43.5 Å². The standard InChI is InChI=1S/C21H28N2O3/c1-4-17(21(25)26)23-18-8-6-5-7-15(18)16-12-14(9-10-19(16)23)22-20(24)11-13(2)3/h5-8,13-14,17H,4,9-12H2,1-3H3,(H,22,24)(H,25,26)/t14-,17?/m0/s1. The van der Waals surface area contributed by atoms with Gasteiger partial charge in [0.2, 0.25) is 5.91 Å². The van der Waals surface area contributed by atoms with Crippen LogP contribution in [0.5, 0.6) is 0 Å². The van der Waals surface area contributed by atoms with Crippen LogP contribution in [0.15, 0.2) is 24.3 Å². The van der Waals surface area contributed by atoms with Crippen LogP contribution in [0.4, 0.5) is 0 Å². The van der Waals surface area contributed by atoms with Crippen molar-refractivity contribution in [2.24, 2.45) is 5.92 Å². The number of rotatable bonds is 6. The van der Waals surface area contributed by atoms with Gasteiger partial charge in [-0.1, -0.05) is 39.0 Å². The SMILES string of the molecule is CCC(C(=O)O)n1c2c(c3ccccc31)C[C@@H](NC(=O)CC(C)C)CC2. The first-order valence-corrected chi connectivity index (χ1v) is 9.55. The maximum atomic E-state index is 12.2. The van der Waals surface area contributed by atoms with Crippen LogP contribution in [0.25, 0.3) is 10.9 Å². The largest absolute Gasteiger partial charge is 0.480 e. The molecule has 0 saturated heterocycles. The first kappa shape index (κ1) is 18.5. The summed E-state index contributed by atoms with van der Waals surface area (Å²) in [7, 11) is 0. The summed E-state index contributed by atoms with van der Waals surface area (Å²) < 4.78 is 2.01. The number of carbonyl (C=O) groups is 2. The van der Waals surface area contributed by atoms with Crippen LogP contribution in [0.1, 0.15) is 57.3 Å². The van der Waals surface area contributed by atoms with Crippen LogP contribution in [0, 0.1) is 5.92 Å². The van der Waals surface area contributed by atoms with E-state index in [2.05, 4.69) is 11.4 Å². The maximum absolute atomic E-state index is 12.2. The van der Waals surface area contributed by atoms with E-state index in [0.29, 0.717) is 18.8 Å². The molecule has 0 radical (unpaired) electrons. The zero-order valence-electron chi connectivity index (χ0n) is 15.8. The van der Waals surface area contributed by atoms with E-state index in [4.69, 9.17) is 0 Å². The van der Waals surface area contributed by atoms with Gasteiger partial charge in [0.1, 0.15) is 6.04 Å². The Balaban J connectivity index is 1.96. The number of para-hydroxylation sites is 1. The number of nitrogens with one attached hydrogen (secondary N) is 1. The number of carbonyl (C=O) groups excluding carboxylic acids is 1. The smallest absolute Gasteiger partial charge is 0.326 e. The van der Waals surface area contributed by atoms with Gasteiger partial charge in [-0.3, -0.25) is 4.79 Å². The molecule has 0 fully saturated rings. The number of hydrogen-bond acceptors (Lipinski definition) is 2. The molecule has 0 saturated carbocycles. The van der Waals surface area contributed by atoms with Gasteiger partial charge in [-0.15, -0.1) is 0 Å². The second kappa shape index (κ2) is 7.52. The highest BCUT2D eigenvalue weighted by Crippen LogP contribution is 2.35. The molecule has 26 heavy (non-hydrogen) atoms. The molecule has 1 aliphatic carbocycles. The molecule has 1 heterocycles. The minimum Gasteiger partial charge on any atom is -0.480 e. The van der Waals surface area contributed by atoms with Gasteiger partial charge in [0.25, 0.3) is 0 Å². The molecule has 1 amide bonds. The van der Waals surface area contributed by atoms with E-state index >= 15 is 0 Å². The Hall–Kier alpha value is -2.30. The highest BCUT2D eigenvalue weighted by molar-refractivity contribution is 5.88. The van der Waals surface area contributed by atoms with E-state index in [9.17, 15) is 14.7 Å². The van der Waals surface area contributed by atoms with Crippen LogP contribution in [-0.4, -0.2) is 27.6 Å². The van der Waals surface area contributed by atoms with Crippen molar-refractivity contribution in [1.29, 1.82) is 0 Å². The third-order valence-corrected chi connectivity index (χ3v) is 5.25. The van der Waals surface area contributed by atoms with Crippen LogP contribution >= 0.6 is 0 Å². The summed E-state index contributed by atoms with van der Waals surface area (Å²) >= 11 is 0. The number of carboxylic acids is 1. The molecular weight excluding hydrogens is 328 g/mol. The quantitative estimate of drug-likeness (QED) is 0.829. The predicted octanol–water partition coefficient (Wildman–Crippen LogP) is 3.70. The van der Waals surface area contributed by atoms with Gasteiger partial charge >= 0.3 is 5.97 Å². The van der Waals surface area contributed by atoms with Gasteiger partial charge < -0.3 is 15.0 Å². The summed E-state index contributed by atoms with van der Waals surface area (Å²) in [6.07, 6.45) is 3.50. The molecule has 0 aliphatic heterocycles. The van der Waals surface area contributed by atoms with E-state index in [1.165, 1.54) is 5.56 Å². The number of carboxylic acid groups (broad SMARTS) is 1. The normalized spacial score (nSPS) is 17.9. The molecule has 2 aromatic rings. The first-order chi connectivity index (χ1) is 12.4. The van der Waals surface area contributed by atoms with Gasteiger partial charge in [-0.2, -0.15) is 0 Å². The number of benzene rings is 1. The number of fused-ring (bicyclic) bond motifs is 3. The fraction of sp³-hybridized carbons (Fsp3) is 0.524. The van der Waals surface area contributed by atoms with Crippen molar-refractivity contribution >= 4 is 22.8 Å². The van der Waals surface area contributed by atoms with Crippen molar-refractivity contribution in [1.82, 2.24) is 9.88 Å². The Morgan fingerprint density at radius 2 is 2.04 bits per heavy atom. The van der Waals surface area contributed by atoms with E-state index in [0.717, 1.165) is 35.9 Å². The highest BCUT2D eigenvalue weighted by Gasteiger charge is 2.30. The summed E-state index contributed by atoms with van der Waals surface area (Å²) in [5.41, 5.74) is 3.30. The van der Waals surface area contributed by atoms with Gasteiger partial charge in [0.05, 0.1) is 0 Å². The topological polar surface area (TPSA) is 71.3 Å². The zero-order chi connectivity index (χ0) is 18.8. The molecule has 0 spiro atoms. The Bertz CT molecular complexity index is 822. The molecule has 1 unspecified atom stereocenters. The second-order valence-electron chi connectivity index (χ2n) is 7.68. The summed E-state index contributed by atoms with van der Waals surface area (Å²) in [4.78, 5) is 23.9.